The van der Waals surface area contributed by atoms with Crippen molar-refractivity contribution >= 4 is 22.9 Å². The van der Waals surface area contributed by atoms with Gasteiger partial charge >= 0.3 is 0 Å². The van der Waals surface area contributed by atoms with Crippen molar-refractivity contribution in [2.45, 2.75) is 30.9 Å². The summed E-state index contributed by atoms with van der Waals surface area (Å²) in [7, 11) is 0. The van der Waals surface area contributed by atoms with Gasteiger partial charge in [0, 0.05) is 18.0 Å². The van der Waals surface area contributed by atoms with E-state index in [1.165, 1.54) is 19.4 Å². The highest BCUT2D eigenvalue weighted by Crippen LogP contribution is 2.31. The van der Waals surface area contributed by atoms with E-state index in [9.17, 15) is 0 Å². The summed E-state index contributed by atoms with van der Waals surface area (Å²) in [5.41, 5.74) is 0.966. The molecule has 16 heavy (non-hydrogen) atoms. The second-order valence-corrected chi connectivity index (χ2v) is 5.58. The molecule has 2 aliphatic heterocycles. The second-order valence-electron chi connectivity index (χ2n) is 4.42. The summed E-state index contributed by atoms with van der Waals surface area (Å²) in [6.07, 6.45) is 2.76. The van der Waals surface area contributed by atoms with Crippen LogP contribution in [0.5, 0.6) is 0 Å². The van der Waals surface area contributed by atoms with Gasteiger partial charge < -0.3 is 4.74 Å². The molecule has 2 unspecified atom stereocenters. The first-order valence-corrected chi connectivity index (χ1v) is 7.14. The molecule has 0 bridgehead atoms. The highest BCUT2D eigenvalue weighted by molar-refractivity contribution is 7.09. The molecule has 5 heteroatoms. The fourth-order valence-corrected chi connectivity index (χ4v) is 3.58. The molecule has 3 heterocycles. The Balaban J connectivity index is 1.71. The van der Waals surface area contributed by atoms with Crippen molar-refractivity contribution in [3.05, 3.63) is 16.1 Å². The molecule has 0 radical (unpaired) electrons. The van der Waals surface area contributed by atoms with Gasteiger partial charge in [-0.15, -0.1) is 22.9 Å². The Kier molecular flexibility index (Phi) is 3.16. The van der Waals surface area contributed by atoms with Crippen LogP contribution < -0.4 is 0 Å². The number of nitrogens with zero attached hydrogens (tertiary/aromatic N) is 2. The van der Waals surface area contributed by atoms with E-state index in [1.807, 2.05) is 5.38 Å². The fraction of sp³-hybridized carbons (Fsp3) is 0.727. The summed E-state index contributed by atoms with van der Waals surface area (Å²) in [4.78, 5) is 7.04. The Morgan fingerprint density at radius 2 is 2.56 bits per heavy atom. The molecule has 0 saturated carbocycles. The van der Waals surface area contributed by atoms with Crippen LogP contribution in [-0.4, -0.2) is 35.6 Å². The topological polar surface area (TPSA) is 25.4 Å². The lowest BCUT2D eigenvalue weighted by Gasteiger charge is -2.34. The molecule has 1 aromatic heterocycles. The molecular formula is C11H15ClN2OS. The molecule has 0 aromatic carbocycles. The van der Waals surface area contributed by atoms with Crippen molar-refractivity contribution < 1.29 is 4.74 Å². The molecule has 0 amide bonds. The number of hydrogen-bond acceptors (Lipinski definition) is 4. The average Bonchev–Trinajstić information content (AvgIpc) is 2.96. The van der Waals surface area contributed by atoms with Crippen LogP contribution in [-0.2, 0) is 10.6 Å². The molecule has 2 fully saturated rings. The van der Waals surface area contributed by atoms with Gasteiger partial charge in [-0.3, -0.25) is 4.90 Å². The Morgan fingerprint density at radius 3 is 3.38 bits per heavy atom. The lowest BCUT2D eigenvalue weighted by molar-refractivity contribution is -0.0502. The standard InChI is InChI=1S/C11H15ClN2OS/c12-4-8-7-16-11(13-8)10-5-14-3-1-2-9(14)6-15-10/h7,9-10H,1-6H2. The van der Waals surface area contributed by atoms with Gasteiger partial charge in [0.15, 0.2) is 0 Å². The first-order chi connectivity index (χ1) is 7.86. The van der Waals surface area contributed by atoms with E-state index < -0.39 is 0 Å². The average molecular weight is 259 g/mol. The van der Waals surface area contributed by atoms with Crippen LogP contribution >= 0.6 is 22.9 Å². The zero-order valence-corrected chi connectivity index (χ0v) is 10.6. The number of morpholine rings is 1. The molecule has 0 spiro atoms. The molecule has 88 valence electrons. The molecule has 2 aliphatic rings. The van der Waals surface area contributed by atoms with Gasteiger partial charge in [0.2, 0.25) is 0 Å². The summed E-state index contributed by atoms with van der Waals surface area (Å²) in [6.45, 7) is 3.08. The van der Waals surface area contributed by atoms with E-state index in [4.69, 9.17) is 16.3 Å². The largest absolute Gasteiger partial charge is 0.368 e. The normalized spacial score (nSPS) is 30.6. The lowest BCUT2D eigenvalue weighted by Crippen LogP contribution is -2.42. The molecule has 3 nitrogen and oxygen atoms in total. The number of rotatable bonds is 2. The van der Waals surface area contributed by atoms with Crippen LogP contribution in [0.3, 0.4) is 0 Å². The maximum absolute atomic E-state index is 5.90. The SMILES string of the molecule is ClCc1csc(C2CN3CCCC3CO2)n1. The Hall–Kier alpha value is -0.160. The van der Waals surface area contributed by atoms with Gasteiger partial charge in [-0.2, -0.15) is 0 Å². The number of ether oxygens (including phenoxy) is 1. The number of halogens is 1. The van der Waals surface area contributed by atoms with Crippen molar-refractivity contribution in [1.29, 1.82) is 0 Å². The Labute approximate surface area is 104 Å². The molecule has 2 atom stereocenters. The summed E-state index contributed by atoms with van der Waals surface area (Å²) in [5.74, 6) is 0.496. The van der Waals surface area contributed by atoms with E-state index in [-0.39, 0.29) is 6.10 Å². The highest BCUT2D eigenvalue weighted by Gasteiger charge is 2.33. The zero-order valence-electron chi connectivity index (χ0n) is 9.06. The van der Waals surface area contributed by atoms with Crippen molar-refractivity contribution in [2.75, 3.05) is 19.7 Å². The minimum absolute atomic E-state index is 0.163. The third-order valence-electron chi connectivity index (χ3n) is 3.37. The minimum Gasteiger partial charge on any atom is -0.368 e. The number of hydrogen-bond donors (Lipinski definition) is 0. The third-order valence-corrected chi connectivity index (χ3v) is 4.63. The van der Waals surface area contributed by atoms with Gasteiger partial charge in [-0.1, -0.05) is 0 Å². The number of alkyl halides is 1. The first kappa shape index (κ1) is 11.0. The Bertz CT molecular complexity index is 371. The van der Waals surface area contributed by atoms with Crippen molar-refractivity contribution in [2.24, 2.45) is 0 Å². The maximum atomic E-state index is 5.90. The van der Waals surface area contributed by atoms with Crippen LogP contribution in [0.25, 0.3) is 0 Å². The van der Waals surface area contributed by atoms with E-state index in [1.54, 1.807) is 11.3 Å². The predicted octanol–water partition coefficient (Wildman–Crippen LogP) is 2.42. The van der Waals surface area contributed by atoms with Crippen molar-refractivity contribution in [3.63, 3.8) is 0 Å². The smallest absolute Gasteiger partial charge is 0.123 e. The molecule has 2 saturated heterocycles. The molecule has 0 aliphatic carbocycles. The number of fused-ring (bicyclic) bond motifs is 1. The highest BCUT2D eigenvalue weighted by atomic mass is 35.5. The fourth-order valence-electron chi connectivity index (χ4n) is 2.50. The summed E-state index contributed by atoms with van der Waals surface area (Å²) in [6, 6.07) is 0.656. The summed E-state index contributed by atoms with van der Waals surface area (Å²) < 4.78 is 5.90. The van der Waals surface area contributed by atoms with Gasteiger partial charge in [-0.25, -0.2) is 4.98 Å². The summed E-state index contributed by atoms with van der Waals surface area (Å²) >= 11 is 7.43. The van der Waals surface area contributed by atoms with E-state index in [0.29, 0.717) is 11.9 Å². The van der Waals surface area contributed by atoms with Gasteiger partial charge in [0.05, 0.1) is 18.2 Å². The van der Waals surface area contributed by atoms with Gasteiger partial charge in [0.1, 0.15) is 11.1 Å². The van der Waals surface area contributed by atoms with Crippen molar-refractivity contribution in [1.82, 2.24) is 9.88 Å². The predicted molar refractivity (Wildman–Crippen MR) is 65.0 cm³/mol. The molecule has 0 N–H and O–H groups in total. The maximum Gasteiger partial charge on any atom is 0.123 e. The van der Waals surface area contributed by atoms with E-state index in [0.717, 1.165) is 23.9 Å². The van der Waals surface area contributed by atoms with Crippen LogP contribution in [0.15, 0.2) is 5.38 Å². The Morgan fingerprint density at radius 1 is 1.62 bits per heavy atom. The van der Waals surface area contributed by atoms with Gasteiger partial charge in [-0.05, 0) is 19.4 Å². The lowest BCUT2D eigenvalue weighted by atomic mass is 10.2. The van der Waals surface area contributed by atoms with Crippen molar-refractivity contribution in [3.8, 4) is 0 Å². The van der Waals surface area contributed by atoms with Gasteiger partial charge in [0.25, 0.3) is 0 Å². The van der Waals surface area contributed by atoms with E-state index in [2.05, 4.69) is 9.88 Å². The van der Waals surface area contributed by atoms with Crippen LogP contribution in [0, 0.1) is 0 Å². The third kappa shape index (κ3) is 1.99. The number of thiazole rings is 1. The summed E-state index contributed by atoms with van der Waals surface area (Å²) in [5, 5.41) is 3.11. The number of aromatic nitrogens is 1. The molecular weight excluding hydrogens is 244 g/mol. The molecule has 3 rings (SSSR count). The van der Waals surface area contributed by atoms with Crippen LogP contribution in [0.1, 0.15) is 29.6 Å². The van der Waals surface area contributed by atoms with Crippen LogP contribution in [0.2, 0.25) is 0 Å². The molecule has 1 aromatic rings. The van der Waals surface area contributed by atoms with Crippen LogP contribution in [0.4, 0.5) is 0 Å². The quantitative estimate of drug-likeness (QED) is 0.762. The van der Waals surface area contributed by atoms with E-state index >= 15 is 0 Å². The first-order valence-electron chi connectivity index (χ1n) is 5.72. The minimum atomic E-state index is 0.163. The monoisotopic (exact) mass is 258 g/mol. The zero-order chi connectivity index (χ0) is 11.0. The second kappa shape index (κ2) is 4.61.